The Kier molecular flexibility index (Phi) is 12.4. The average Bonchev–Trinajstić information content (AvgIpc) is 2.69. The van der Waals surface area contributed by atoms with Crippen LogP contribution in [0, 0.1) is 11.8 Å². The first-order valence-electron chi connectivity index (χ1n) is 12.3. The molecule has 3 aliphatic rings. The van der Waals surface area contributed by atoms with Crippen molar-refractivity contribution in [1.82, 2.24) is 20.3 Å². The minimum Gasteiger partial charge on any atom is -0.357 e. The lowest BCUT2D eigenvalue weighted by Crippen LogP contribution is -2.49. The number of likely N-dealkylation sites (tertiary alicyclic amines) is 1. The Morgan fingerprint density at radius 2 is 1.65 bits per heavy atom. The lowest BCUT2D eigenvalue weighted by Gasteiger charge is -2.36. The summed E-state index contributed by atoms with van der Waals surface area (Å²) in [7, 11) is -3.24. The van der Waals surface area contributed by atoms with E-state index < -0.39 is 10.0 Å². The molecule has 0 aromatic carbocycles. The Balaban J connectivity index is 0.00000341. The van der Waals surface area contributed by atoms with Gasteiger partial charge in [0.05, 0.1) is 12.3 Å². The van der Waals surface area contributed by atoms with Crippen LogP contribution in [-0.2, 0) is 10.0 Å². The molecule has 0 amide bonds. The molecule has 7 nitrogen and oxygen atoms in total. The lowest BCUT2D eigenvalue weighted by atomic mass is 9.86. The van der Waals surface area contributed by atoms with E-state index in [2.05, 4.69) is 25.2 Å². The highest BCUT2D eigenvalue weighted by Crippen LogP contribution is 2.26. The van der Waals surface area contributed by atoms with Crippen LogP contribution < -0.4 is 15.4 Å². The van der Waals surface area contributed by atoms with Crippen LogP contribution in [0.15, 0.2) is 4.99 Å². The van der Waals surface area contributed by atoms with Gasteiger partial charge in [-0.25, -0.2) is 13.1 Å². The van der Waals surface area contributed by atoms with Crippen molar-refractivity contribution in [3.63, 3.8) is 0 Å². The van der Waals surface area contributed by atoms with E-state index in [0.717, 1.165) is 57.2 Å². The number of hydrogen-bond donors (Lipinski definition) is 3. The van der Waals surface area contributed by atoms with Gasteiger partial charge >= 0.3 is 0 Å². The molecule has 0 spiro atoms. The zero-order valence-corrected chi connectivity index (χ0v) is 22.4. The summed E-state index contributed by atoms with van der Waals surface area (Å²) < 4.78 is 27.1. The first-order chi connectivity index (χ1) is 14.5. The van der Waals surface area contributed by atoms with Gasteiger partial charge in [0.15, 0.2) is 5.96 Å². The molecule has 1 saturated heterocycles. The highest BCUT2D eigenvalue weighted by atomic mass is 127. The minimum absolute atomic E-state index is 0. The summed E-state index contributed by atoms with van der Waals surface area (Å²) in [5, 5.41) is 6.80. The van der Waals surface area contributed by atoms with E-state index in [1.54, 1.807) is 0 Å². The van der Waals surface area contributed by atoms with Crippen LogP contribution in [0.3, 0.4) is 0 Å². The summed E-state index contributed by atoms with van der Waals surface area (Å²) in [5.41, 5.74) is 0. The monoisotopic (exact) mass is 569 g/mol. The first kappa shape index (κ1) is 27.1. The number of rotatable bonds is 10. The van der Waals surface area contributed by atoms with E-state index in [0.29, 0.717) is 18.5 Å². The maximum absolute atomic E-state index is 12.2. The molecule has 9 heteroatoms. The van der Waals surface area contributed by atoms with Crippen LogP contribution in [0.25, 0.3) is 0 Å². The van der Waals surface area contributed by atoms with Crippen molar-refractivity contribution in [1.29, 1.82) is 0 Å². The van der Waals surface area contributed by atoms with Gasteiger partial charge < -0.3 is 15.5 Å². The van der Waals surface area contributed by atoms with Gasteiger partial charge in [-0.2, -0.15) is 0 Å². The summed E-state index contributed by atoms with van der Waals surface area (Å²) in [6, 6.07) is 0.416. The van der Waals surface area contributed by atoms with Crippen molar-refractivity contribution in [2.75, 3.05) is 45.0 Å². The van der Waals surface area contributed by atoms with Crippen molar-refractivity contribution >= 4 is 40.0 Å². The molecule has 0 bridgehead atoms. The predicted molar refractivity (Wildman–Crippen MR) is 140 cm³/mol. The first-order valence-corrected chi connectivity index (χ1v) is 13.9. The molecule has 2 aliphatic carbocycles. The third-order valence-electron chi connectivity index (χ3n) is 6.96. The fourth-order valence-electron chi connectivity index (χ4n) is 4.80. The second-order valence-electron chi connectivity index (χ2n) is 9.45. The van der Waals surface area contributed by atoms with Crippen molar-refractivity contribution in [3.05, 3.63) is 0 Å². The van der Waals surface area contributed by atoms with Crippen LogP contribution in [0.5, 0.6) is 0 Å². The van der Waals surface area contributed by atoms with Gasteiger partial charge in [0.1, 0.15) is 0 Å². The largest absolute Gasteiger partial charge is 0.357 e. The fourth-order valence-corrected chi connectivity index (χ4v) is 5.77. The molecule has 3 N–H and O–H groups in total. The second kappa shape index (κ2) is 14.2. The summed E-state index contributed by atoms with van der Waals surface area (Å²) in [5.74, 6) is 2.24. The smallest absolute Gasteiger partial charge is 0.213 e. The number of nitrogens with one attached hydrogen (secondary N) is 3. The van der Waals surface area contributed by atoms with Crippen LogP contribution in [0.1, 0.15) is 71.1 Å². The van der Waals surface area contributed by atoms with E-state index >= 15 is 0 Å². The Morgan fingerprint density at radius 1 is 0.968 bits per heavy atom. The molecule has 3 fully saturated rings. The number of aliphatic imine (C=N–C) groups is 1. The van der Waals surface area contributed by atoms with Crippen molar-refractivity contribution < 1.29 is 8.42 Å². The summed E-state index contributed by atoms with van der Waals surface area (Å²) in [6.07, 6.45) is 12.8. The number of halogens is 1. The van der Waals surface area contributed by atoms with Crippen LogP contribution >= 0.6 is 24.0 Å². The van der Waals surface area contributed by atoms with Crippen molar-refractivity contribution in [3.8, 4) is 0 Å². The van der Waals surface area contributed by atoms with E-state index in [-0.39, 0.29) is 36.3 Å². The maximum Gasteiger partial charge on any atom is 0.213 e. The summed E-state index contributed by atoms with van der Waals surface area (Å²) >= 11 is 0. The molecule has 0 radical (unpaired) electrons. The normalized spacial score (nSPS) is 22.5. The van der Waals surface area contributed by atoms with Gasteiger partial charge in [0, 0.05) is 38.8 Å². The molecule has 3 rings (SSSR count). The average molecular weight is 570 g/mol. The number of hydrogen-bond acceptors (Lipinski definition) is 4. The minimum atomic E-state index is -3.24. The van der Waals surface area contributed by atoms with E-state index in [4.69, 9.17) is 0 Å². The topological polar surface area (TPSA) is 85.8 Å². The molecular weight excluding hydrogens is 525 g/mol. The highest BCUT2D eigenvalue weighted by Gasteiger charge is 2.23. The Hall–Kier alpha value is -0.130. The van der Waals surface area contributed by atoms with E-state index in [9.17, 15) is 8.42 Å². The quantitative estimate of drug-likeness (QED) is 0.214. The Morgan fingerprint density at radius 3 is 2.26 bits per heavy atom. The van der Waals surface area contributed by atoms with Gasteiger partial charge in [-0.3, -0.25) is 4.99 Å². The molecule has 0 aromatic heterocycles. The number of sulfonamides is 1. The molecular formula is C22H44IN5O2S. The fraction of sp³-hybridized carbons (Fsp3) is 0.955. The van der Waals surface area contributed by atoms with Crippen LogP contribution in [-0.4, -0.2) is 70.3 Å². The second-order valence-corrected chi connectivity index (χ2v) is 11.4. The van der Waals surface area contributed by atoms with E-state index in [1.807, 2.05) is 6.92 Å². The zero-order chi connectivity index (χ0) is 21.2. The zero-order valence-electron chi connectivity index (χ0n) is 19.3. The summed E-state index contributed by atoms with van der Waals surface area (Å²) in [4.78, 5) is 7.17. The van der Waals surface area contributed by atoms with Gasteiger partial charge in [-0.15, -0.1) is 24.0 Å². The molecule has 1 heterocycles. The molecule has 31 heavy (non-hydrogen) atoms. The molecule has 0 aromatic rings. The van der Waals surface area contributed by atoms with Gasteiger partial charge in [-0.05, 0) is 57.3 Å². The Bertz CT molecular complexity index is 628. The summed E-state index contributed by atoms with van der Waals surface area (Å²) in [6.45, 7) is 7.26. The molecule has 0 atom stereocenters. The standard InChI is InChI=1S/C22H43N5O2S.HI/c1-2-23-22(24-13-16-30(28,29)25-17-19-9-6-10-19)26-21-11-14-27(15-12-21)18-20-7-4-3-5-8-20;/h19-21,25H,2-18H2,1H3,(H2,23,24,26);1H. The molecule has 1 aliphatic heterocycles. The number of piperidine rings is 1. The van der Waals surface area contributed by atoms with Gasteiger partial charge in [0.2, 0.25) is 10.0 Å². The lowest BCUT2D eigenvalue weighted by molar-refractivity contribution is 0.160. The third-order valence-corrected chi connectivity index (χ3v) is 8.29. The molecule has 2 saturated carbocycles. The number of guanidine groups is 1. The van der Waals surface area contributed by atoms with Gasteiger partial charge in [0.25, 0.3) is 0 Å². The Labute approximate surface area is 207 Å². The van der Waals surface area contributed by atoms with Gasteiger partial charge in [-0.1, -0.05) is 25.7 Å². The van der Waals surface area contributed by atoms with Crippen LogP contribution in [0.4, 0.5) is 0 Å². The molecule has 182 valence electrons. The molecule has 0 unspecified atom stereocenters. The maximum atomic E-state index is 12.2. The van der Waals surface area contributed by atoms with Crippen LogP contribution in [0.2, 0.25) is 0 Å². The SMILES string of the molecule is CCNC(=NCCS(=O)(=O)NCC1CCC1)NC1CCN(CC2CCCCC2)CC1.I. The van der Waals surface area contributed by atoms with E-state index in [1.165, 1.54) is 45.1 Å². The van der Waals surface area contributed by atoms with Crippen molar-refractivity contribution in [2.45, 2.75) is 77.2 Å². The predicted octanol–water partition coefficient (Wildman–Crippen LogP) is 2.92. The highest BCUT2D eigenvalue weighted by molar-refractivity contribution is 14.0. The number of nitrogens with zero attached hydrogens (tertiary/aromatic N) is 2. The van der Waals surface area contributed by atoms with Crippen molar-refractivity contribution in [2.24, 2.45) is 16.8 Å². The third kappa shape index (κ3) is 10.1.